The summed E-state index contributed by atoms with van der Waals surface area (Å²) in [7, 11) is 1.49. The Labute approximate surface area is 207 Å². The average molecular weight is 509 g/mol. The quantitative estimate of drug-likeness (QED) is 0.519. The number of benzene rings is 2. The summed E-state index contributed by atoms with van der Waals surface area (Å²) in [6.07, 6.45) is -0.0345. The van der Waals surface area contributed by atoms with Gasteiger partial charge in [0, 0.05) is 37.1 Å². The van der Waals surface area contributed by atoms with Crippen LogP contribution in [-0.2, 0) is 16.1 Å². The van der Waals surface area contributed by atoms with E-state index in [4.69, 9.17) is 37.8 Å². The highest BCUT2D eigenvalue weighted by atomic mass is 35.5. The van der Waals surface area contributed by atoms with Gasteiger partial charge in [-0.1, -0.05) is 35.3 Å². The molecular formula is C24H26Cl2N2O6. The number of hydrogen-bond acceptors (Lipinski definition) is 5. The summed E-state index contributed by atoms with van der Waals surface area (Å²) < 4.78 is 10.6. The zero-order chi connectivity index (χ0) is 24.9. The van der Waals surface area contributed by atoms with Gasteiger partial charge in [0.1, 0.15) is 11.3 Å². The van der Waals surface area contributed by atoms with Crippen molar-refractivity contribution < 1.29 is 29.0 Å². The van der Waals surface area contributed by atoms with Gasteiger partial charge >= 0.3 is 12.1 Å². The maximum atomic E-state index is 13.6. The molecule has 1 aliphatic heterocycles. The van der Waals surface area contributed by atoms with Gasteiger partial charge in [0.05, 0.1) is 12.1 Å². The van der Waals surface area contributed by atoms with Crippen LogP contribution in [0.3, 0.4) is 0 Å². The number of methoxy groups -OCH3 is 1. The van der Waals surface area contributed by atoms with Crippen LogP contribution < -0.4 is 9.47 Å². The van der Waals surface area contributed by atoms with Crippen LogP contribution in [0, 0.1) is 0 Å². The predicted octanol–water partition coefficient (Wildman–Crippen LogP) is 4.86. The number of nitrogens with zero attached hydrogens (tertiary/aromatic N) is 2. The lowest BCUT2D eigenvalue weighted by atomic mass is 9.85. The Morgan fingerprint density at radius 3 is 2.44 bits per heavy atom. The number of carbonyl (C=O) groups excluding carboxylic acids is 2. The SMILES string of the molecule is COc1ccc(Cl)c(OC(=O)N2CCC2(C)C(=O)N(CCCC(=O)O)Cc2ccc(Cl)cc2)c1. The first-order chi connectivity index (χ1) is 16.1. The van der Waals surface area contributed by atoms with E-state index in [1.165, 1.54) is 18.1 Å². The smallest absolute Gasteiger partial charge is 0.416 e. The van der Waals surface area contributed by atoms with E-state index in [1.54, 1.807) is 48.2 Å². The van der Waals surface area contributed by atoms with Crippen LogP contribution in [0.5, 0.6) is 11.5 Å². The highest BCUT2D eigenvalue weighted by molar-refractivity contribution is 6.32. The van der Waals surface area contributed by atoms with E-state index in [1.807, 2.05) is 0 Å². The second kappa shape index (κ2) is 11.0. The van der Waals surface area contributed by atoms with Gasteiger partial charge in [-0.25, -0.2) is 4.79 Å². The van der Waals surface area contributed by atoms with Crippen LogP contribution in [0.2, 0.25) is 10.0 Å². The van der Waals surface area contributed by atoms with Crippen molar-refractivity contribution in [3.05, 3.63) is 58.1 Å². The lowest BCUT2D eigenvalue weighted by molar-refractivity contribution is -0.150. The van der Waals surface area contributed by atoms with E-state index < -0.39 is 17.6 Å². The Morgan fingerprint density at radius 2 is 1.85 bits per heavy atom. The molecule has 8 nitrogen and oxygen atoms in total. The molecule has 0 radical (unpaired) electrons. The molecule has 1 fully saturated rings. The van der Waals surface area contributed by atoms with Crippen LogP contribution >= 0.6 is 23.2 Å². The molecule has 1 saturated heterocycles. The van der Waals surface area contributed by atoms with Gasteiger partial charge in [0.2, 0.25) is 5.91 Å². The molecule has 1 unspecified atom stereocenters. The minimum absolute atomic E-state index is 0.0682. The van der Waals surface area contributed by atoms with Crippen molar-refractivity contribution in [3.63, 3.8) is 0 Å². The highest BCUT2D eigenvalue weighted by Gasteiger charge is 2.52. The third-order valence-corrected chi connectivity index (χ3v) is 6.39. The number of amides is 2. The number of carboxylic acids is 1. The molecule has 2 aromatic rings. The summed E-state index contributed by atoms with van der Waals surface area (Å²) in [5, 5.41) is 9.82. The first-order valence-electron chi connectivity index (χ1n) is 10.7. The lowest BCUT2D eigenvalue weighted by Gasteiger charge is -2.49. The minimum atomic E-state index is -1.13. The molecular weight excluding hydrogens is 483 g/mol. The number of rotatable bonds is 9. The third-order valence-electron chi connectivity index (χ3n) is 5.83. The summed E-state index contributed by atoms with van der Waals surface area (Å²) in [6, 6.07) is 11.8. The number of aliphatic carboxylic acids is 1. The Morgan fingerprint density at radius 1 is 1.15 bits per heavy atom. The summed E-state index contributed by atoms with van der Waals surface area (Å²) in [5.74, 6) is -0.615. The second-order valence-corrected chi connectivity index (χ2v) is 9.03. The van der Waals surface area contributed by atoms with Crippen LogP contribution in [0.15, 0.2) is 42.5 Å². The first-order valence-corrected chi connectivity index (χ1v) is 11.5. The van der Waals surface area contributed by atoms with Gasteiger partial charge in [0.25, 0.3) is 0 Å². The normalized spacial score (nSPS) is 17.0. The van der Waals surface area contributed by atoms with Crippen molar-refractivity contribution in [2.45, 2.75) is 38.3 Å². The van der Waals surface area contributed by atoms with Gasteiger partial charge in [0.15, 0.2) is 5.75 Å². The maximum Gasteiger partial charge on any atom is 0.416 e. The van der Waals surface area contributed by atoms with E-state index in [0.29, 0.717) is 23.7 Å². The molecule has 0 spiro atoms. The Hall–Kier alpha value is -2.97. The van der Waals surface area contributed by atoms with E-state index >= 15 is 0 Å². The Kier molecular flexibility index (Phi) is 8.28. The van der Waals surface area contributed by atoms with Crippen molar-refractivity contribution in [1.29, 1.82) is 0 Å². The molecule has 34 heavy (non-hydrogen) atoms. The molecule has 0 bridgehead atoms. The Bertz CT molecular complexity index is 1060. The molecule has 1 N–H and O–H groups in total. The number of carboxylic acid groups (broad SMARTS) is 1. The summed E-state index contributed by atoms with van der Waals surface area (Å²) >= 11 is 12.1. The van der Waals surface area contributed by atoms with Gasteiger partial charge in [-0.05, 0) is 49.6 Å². The summed E-state index contributed by atoms with van der Waals surface area (Å²) in [4.78, 5) is 40.4. The van der Waals surface area contributed by atoms with Crippen molar-refractivity contribution >= 4 is 41.2 Å². The number of hydrogen-bond donors (Lipinski definition) is 1. The number of halogens is 2. The summed E-state index contributed by atoms with van der Waals surface area (Å²) in [6.45, 7) is 2.51. The second-order valence-electron chi connectivity index (χ2n) is 8.19. The topological polar surface area (TPSA) is 96.4 Å². The number of ether oxygens (including phenoxy) is 2. The number of likely N-dealkylation sites (tertiary alicyclic amines) is 1. The molecule has 2 amide bonds. The fourth-order valence-electron chi connectivity index (χ4n) is 3.74. The van der Waals surface area contributed by atoms with Crippen molar-refractivity contribution in [1.82, 2.24) is 9.80 Å². The zero-order valence-electron chi connectivity index (χ0n) is 18.9. The molecule has 10 heteroatoms. The molecule has 3 rings (SSSR count). The van der Waals surface area contributed by atoms with Gasteiger partial charge < -0.3 is 19.5 Å². The fourth-order valence-corrected chi connectivity index (χ4v) is 4.02. The lowest BCUT2D eigenvalue weighted by Crippen LogP contribution is -2.68. The Balaban J connectivity index is 1.76. The largest absolute Gasteiger partial charge is 0.497 e. The van der Waals surface area contributed by atoms with E-state index in [9.17, 15) is 14.4 Å². The van der Waals surface area contributed by atoms with Gasteiger partial charge in [-0.15, -0.1) is 0 Å². The highest BCUT2D eigenvalue weighted by Crippen LogP contribution is 2.36. The summed E-state index contributed by atoms with van der Waals surface area (Å²) in [5.41, 5.74) is -0.286. The van der Waals surface area contributed by atoms with Gasteiger partial charge in [-0.3, -0.25) is 14.5 Å². The molecule has 2 aromatic carbocycles. The van der Waals surface area contributed by atoms with Crippen LogP contribution in [0.25, 0.3) is 0 Å². The molecule has 0 aliphatic carbocycles. The van der Waals surface area contributed by atoms with Gasteiger partial charge in [-0.2, -0.15) is 0 Å². The molecule has 182 valence electrons. The van der Waals surface area contributed by atoms with E-state index in [0.717, 1.165) is 5.56 Å². The molecule has 1 heterocycles. The zero-order valence-corrected chi connectivity index (χ0v) is 20.4. The van der Waals surface area contributed by atoms with Crippen LogP contribution in [-0.4, -0.2) is 58.6 Å². The standard InChI is InChI=1S/C24H26Cl2N2O6/c1-24(11-13-28(24)23(32)34-20-14-18(33-2)9-10-19(20)26)22(31)27(12-3-4-21(29)30)15-16-5-7-17(25)8-6-16/h5-10,14H,3-4,11-13,15H2,1-2H3,(H,29,30). The van der Waals surface area contributed by atoms with Crippen LogP contribution in [0.1, 0.15) is 31.7 Å². The van der Waals surface area contributed by atoms with Crippen molar-refractivity contribution in [2.75, 3.05) is 20.2 Å². The number of carbonyl (C=O) groups is 3. The average Bonchev–Trinajstić information content (AvgIpc) is 2.79. The molecule has 1 atom stereocenters. The molecule has 0 saturated carbocycles. The predicted molar refractivity (Wildman–Crippen MR) is 127 cm³/mol. The third kappa shape index (κ3) is 5.93. The monoisotopic (exact) mass is 508 g/mol. The maximum absolute atomic E-state index is 13.6. The fraction of sp³-hybridized carbons (Fsp3) is 0.375. The van der Waals surface area contributed by atoms with E-state index in [-0.39, 0.29) is 42.6 Å². The van der Waals surface area contributed by atoms with E-state index in [2.05, 4.69) is 0 Å². The molecule has 0 aromatic heterocycles. The minimum Gasteiger partial charge on any atom is -0.497 e. The first kappa shape index (κ1) is 25.6. The van der Waals surface area contributed by atoms with Crippen molar-refractivity contribution in [3.8, 4) is 11.5 Å². The van der Waals surface area contributed by atoms with Crippen molar-refractivity contribution in [2.24, 2.45) is 0 Å². The molecule has 1 aliphatic rings. The van der Waals surface area contributed by atoms with Crippen LogP contribution in [0.4, 0.5) is 4.79 Å².